The Morgan fingerprint density at radius 1 is 0.470 bits per heavy atom. The van der Waals surface area contributed by atoms with Gasteiger partial charge in [-0.1, -0.05) is 245 Å². The Balaban J connectivity index is 2.41. The number of hydrogen-bond donors (Lipinski definition) is 9. The molecule has 0 aromatic heterocycles. The fraction of sp³-hybridized carbons (Fsp3) is 0.981. The maximum absolute atomic E-state index is 13.1. The average Bonchev–Trinajstić information content (AvgIpc) is 3.29. The van der Waals surface area contributed by atoms with Gasteiger partial charge in [0.25, 0.3) is 0 Å². The first-order chi connectivity index (χ1) is 31.8. The zero-order valence-electron chi connectivity index (χ0n) is 42.1. The standard InChI is InChI=1S/C52H104NO12P/c1-3-5-7-9-11-13-15-17-19-20-21-22-23-24-26-28-30-32-34-36-38-40-45(55)44(42-64-66(62,63)65-52-50(60)48(58)47(57)49(59)51(52)61)53-46(56)41-43(54)39-37-35-33-31-29-27-25-18-16-14-12-10-8-6-4-2/h43-45,47-52,54-55,57-61H,3-42H2,1-2H3,(H,53,56)(H,62,63). The lowest BCUT2D eigenvalue weighted by molar-refractivity contribution is -0.220. The topological polar surface area (TPSA) is 226 Å². The SMILES string of the molecule is CCCCCCCCCCCCCCCCCCCCCCCC(O)C(COP(=O)(O)OC1C(O)C(O)C(O)C(O)C1O)NC(=O)CC(O)CCCCCCCCCCCCCCCCC. The number of hydrogen-bond acceptors (Lipinski definition) is 11. The van der Waals surface area contributed by atoms with Gasteiger partial charge in [0.15, 0.2) is 0 Å². The van der Waals surface area contributed by atoms with E-state index in [9.17, 15) is 50.0 Å². The summed E-state index contributed by atoms with van der Waals surface area (Å²) in [5, 5.41) is 74.9. The number of phosphoric ester groups is 1. The Morgan fingerprint density at radius 2 is 0.758 bits per heavy atom. The number of aliphatic hydroxyl groups is 7. The third-order valence-corrected chi connectivity index (χ3v) is 14.7. The Morgan fingerprint density at radius 3 is 1.09 bits per heavy atom. The summed E-state index contributed by atoms with van der Waals surface area (Å²) in [7, 11) is -5.12. The van der Waals surface area contributed by atoms with E-state index in [1.165, 1.54) is 180 Å². The van der Waals surface area contributed by atoms with E-state index < -0.39 is 75.2 Å². The summed E-state index contributed by atoms with van der Waals surface area (Å²) >= 11 is 0. The van der Waals surface area contributed by atoms with Crippen molar-refractivity contribution in [3.63, 3.8) is 0 Å². The summed E-state index contributed by atoms with van der Waals surface area (Å²) in [5.74, 6) is -0.554. The van der Waals surface area contributed by atoms with Crippen LogP contribution >= 0.6 is 7.82 Å². The molecule has 1 aliphatic rings. The molecule has 8 atom stereocenters. The van der Waals surface area contributed by atoms with Crippen molar-refractivity contribution >= 4 is 13.7 Å². The molecular weight excluding hydrogens is 862 g/mol. The molecule has 0 aromatic carbocycles. The minimum absolute atomic E-state index is 0.215. The van der Waals surface area contributed by atoms with Gasteiger partial charge < -0.3 is 46.0 Å². The second kappa shape index (κ2) is 42.0. The van der Waals surface area contributed by atoms with Crippen LogP contribution in [0.3, 0.4) is 0 Å². The smallest absolute Gasteiger partial charge is 0.393 e. The van der Waals surface area contributed by atoms with Crippen molar-refractivity contribution in [2.24, 2.45) is 0 Å². The first-order valence-corrected chi connectivity index (χ1v) is 29.1. The number of carbonyl (C=O) groups is 1. The van der Waals surface area contributed by atoms with Crippen molar-refractivity contribution in [2.45, 2.75) is 319 Å². The van der Waals surface area contributed by atoms with Crippen LogP contribution in [0.15, 0.2) is 0 Å². The lowest BCUT2D eigenvalue weighted by atomic mass is 9.85. The minimum Gasteiger partial charge on any atom is -0.393 e. The van der Waals surface area contributed by atoms with Crippen LogP contribution < -0.4 is 5.32 Å². The van der Waals surface area contributed by atoms with Crippen molar-refractivity contribution in [1.29, 1.82) is 0 Å². The van der Waals surface area contributed by atoms with E-state index in [0.29, 0.717) is 12.8 Å². The molecule has 1 fully saturated rings. The van der Waals surface area contributed by atoms with Crippen molar-refractivity contribution in [1.82, 2.24) is 5.32 Å². The van der Waals surface area contributed by atoms with E-state index in [4.69, 9.17) is 9.05 Å². The predicted octanol–water partition coefficient (Wildman–Crippen LogP) is 10.8. The maximum Gasteiger partial charge on any atom is 0.472 e. The molecule has 0 heterocycles. The van der Waals surface area contributed by atoms with Crippen molar-refractivity contribution < 1.29 is 59.0 Å². The van der Waals surface area contributed by atoms with Gasteiger partial charge in [0.1, 0.15) is 36.6 Å². The van der Waals surface area contributed by atoms with Crippen LogP contribution in [0.5, 0.6) is 0 Å². The summed E-state index contributed by atoms with van der Waals surface area (Å²) in [5.41, 5.74) is 0. The zero-order chi connectivity index (χ0) is 48.7. The highest BCUT2D eigenvalue weighted by Crippen LogP contribution is 2.47. The van der Waals surface area contributed by atoms with Crippen molar-refractivity contribution in [3.8, 4) is 0 Å². The second-order valence-corrected chi connectivity index (χ2v) is 21.4. The average molecular weight is 966 g/mol. The molecule has 1 amide bonds. The van der Waals surface area contributed by atoms with Crippen LogP contribution in [0.4, 0.5) is 0 Å². The summed E-state index contributed by atoms with van der Waals surface area (Å²) in [4.78, 5) is 23.6. The Kier molecular flexibility index (Phi) is 40.3. The monoisotopic (exact) mass is 966 g/mol. The van der Waals surface area contributed by atoms with Crippen molar-refractivity contribution in [3.05, 3.63) is 0 Å². The largest absolute Gasteiger partial charge is 0.472 e. The normalized spacial score (nSPS) is 22.3. The molecule has 8 unspecified atom stereocenters. The third-order valence-electron chi connectivity index (χ3n) is 13.7. The third kappa shape index (κ3) is 33.0. The molecule has 1 rings (SSSR count). The summed E-state index contributed by atoms with van der Waals surface area (Å²) in [6, 6.07) is -1.15. The molecule has 13 nitrogen and oxygen atoms in total. The molecule has 0 aromatic rings. The highest BCUT2D eigenvalue weighted by molar-refractivity contribution is 7.47. The van der Waals surface area contributed by atoms with Gasteiger partial charge in [-0.2, -0.15) is 0 Å². The van der Waals surface area contributed by atoms with Crippen LogP contribution in [0.2, 0.25) is 0 Å². The van der Waals surface area contributed by atoms with Crippen LogP contribution in [-0.4, -0.2) is 108 Å². The van der Waals surface area contributed by atoms with Crippen molar-refractivity contribution in [2.75, 3.05) is 6.61 Å². The van der Waals surface area contributed by atoms with E-state index in [1.54, 1.807) is 0 Å². The Labute approximate surface area is 402 Å². The van der Waals surface area contributed by atoms with Gasteiger partial charge in [-0.15, -0.1) is 0 Å². The first kappa shape index (κ1) is 63.3. The van der Waals surface area contributed by atoms with Crippen LogP contribution in [-0.2, 0) is 18.4 Å². The fourth-order valence-electron chi connectivity index (χ4n) is 9.25. The van der Waals surface area contributed by atoms with Gasteiger partial charge in [0.2, 0.25) is 5.91 Å². The molecule has 0 saturated heterocycles. The fourth-order valence-corrected chi connectivity index (χ4v) is 10.2. The molecule has 0 radical (unpaired) electrons. The molecule has 0 bridgehead atoms. The predicted molar refractivity (Wildman–Crippen MR) is 266 cm³/mol. The lowest BCUT2D eigenvalue weighted by Crippen LogP contribution is -2.64. The molecule has 1 saturated carbocycles. The van der Waals surface area contributed by atoms with Gasteiger partial charge >= 0.3 is 7.82 Å². The van der Waals surface area contributed by atoms with Gasteiger partial charge in [0, 0.05) is 0 Å². The van der Waals surface area contributed by atoms with Gasteiger partial charge in [-0.25, -0.2) is 4.57 Å². The lowest BCUT2D eigenvalue weighted by Gasteiger charge is -2.41. The number of nitrogens with one attached hydrogen (secondary N) is 1. The number of unbranched alkanes of at least 4 members (excludes halogenated alkanes) is 34. The first-order valence-electron chi connectivity index (χ1n) is 27.6. The number of phosphoric acid groups is 1. The molecule has 9 N–H and O–H groups in total. The molecule has 394 valence electrons. The van der Waals surface area contributed by atoms with Crippen LogP contribution in [0.25, 0.3) is 0 Å². The number of carbonyl (C=O) groups excluding carboxylic acids is 1. The second-order valence-electron chi connectivity index (χ2n) is 20.0. The number of rotatable bonds is 47. The molecule has 66 heavy (non-hydrogen) atoms. The summed E-state index contributed by atoms with van der Waals surface area (Å²) in [6.07, 6.45) is 31.4. The minimum atomic E-state index is -5.12. The molecule has 14 heteroatoms. The summed E-state index contributed by atoms with van der Waals surface area (Å²) in [6.45, 7) is 3.84. The highest BCUT2D eigenvalue weighted by Gasteiger charge is 2.51. The van der Waals surface area contributed by atoms with E-state index in [2.05, 4.69) is 19.2 Å². The summed E-state index contributed by atoms with van der Waals surface area (Å²) < 4.78 is 23.0. The zero-order valence-corrected chi connectivity index (χ0v) is 43.0. The van der Waals surface area contributed by atoms with E-state index in [0.717, 1.165) is 44.9 Å². The molecule has 1 aliphatic carbocycles. The van der Waals surface area contributed by atoms with Crippen LogP contribution in [0.1, 0.15) is 264 Å². The van der Waals surface area contributed by atoms with E-state index in [1.807, 2.05) is 0 Å². The Hall–Kier alpha value is -0.700. The Bertz CT molecular complexity index is 1140. The highest BCUT2D eigenvalue weighted by atomic mass is 31.2. The molecule has 0 aliphatic heterocycles. The number of amides is 1. The van der Waals surface area contributed by atoms with E-state index >= 15 is 0 Å². The molecule has 0 spiro atoms. The van der Waals surface area contributed by atoms with Gasteiger partial charge in [-0.05, 0) is 12.8 Å². The van der Waals surface area contributed by atoms with E-state index in [-0.39, 0.29) is 12.8 Å². The van der Waals surface area contributed by atoms with Gasteiger partial charge in [-0.3, -0.25) is 13.8 Å². The number of aliphatic hydroxyl groups excluding tert-OH is 7. The van der Waals surface area contributed by atoms with Gasteiger partial charge in [0.05, 0.1) is 31.3 Å². The quantitative estimate of drug-likeness (QED) is 0.0205. The molecular formula is C52H104NO12P. The van der Waals surface area contributed by atoms with Crippen LogP contribution in [0, 0.1) is 0 Å². The maximum atomic E-state index is 13.1.